The number of aliphatic imine (C=N–C) groups is 1. The first kappa shape index (κ1) is 23.7. The second-order valence-corrected chi connectivity index (χ2v) is 6.45. The molecule has 1 saturated heterocycles. The molecule has 0 aromatic carbocycles. The highest BCUT2D eigenvalue weighted by molar-refractivity contribution is 14.0. The van der Waals surface area contributed by atoms with Crippen LogP contribution in [-0.2, 0) is 16.1 Å². The molecule has 2 rings (SSSR count). The molecule has 1 amide bonds. The van der Waals surface area contributed by atoms with Gasteiger partial charge in [-0.1, -0.05) is 6.92 Å². The molecule has 1 aromatic heterocycles. The lowest BCUT2D eigenvalue weighted by Gasteiger charge is -2.27. The topological polar surface area (TPSA) is 79.1 Å². The van der Waals surface area contributed by atoms with Gasteiger partial charge in [0.2, 0.25) is 5.91 Å². The van der Waals surface area contributed by atoms with E-state index in [0.717, 1.165) is 57.0 Å². The van der Waals surface area contributed by atoms with E-state index in [2.05, 4.69) is 22.5 Å². The minimum Gasteiger partial charge on any atom is -0.467 e. The summed E-state index contributed by atoms with van der Waals surface area (Å²) in [5.74, 6) is 1.94. The number of hydrogen-bond donors (Lipinski definition) is 2. The number of amides is 1. The molecule has 0 aliphatic carbocycles. The highest BCUT2D eigenvalue weighted by atomic mass is 127. The Morgan fingerprint density at radius 3 is 2.85 bits per heavy atom. The van der Waals surface area contributed by atoms with Gasteiger partial charge in [0.05, 0.1) is 6.26 Å². The van der Waals surface area contributed by atoms with Crippen LogP contribution in [-0.4, -0.2) is 56.1 Å². The number of guanidine groups is 1. The van der Waals surface area contributed by atoms with Gasteiger partial charge >= 0.3 is 0 Å². The van der Waals surface area contributed by atoms with E-state index in [1.54, 1.807) is 13.3 Å². The third kappa shape index (κ3) is 8.50. The number of carbonyl (C=O) groups is 1. The van der Waals surface area contributed by atoms with Crippen LogP contribution in [0.5, 0.6) is 0 Å². The minimum atomic E-state index is 0. The summed E-state index contributed by atoms with van der Waals surface area (Å²) in [6.45, 7) is 5.82. The SMILES string of the molecule is CCC(CCNC(=NC)NCCCOCc1ccco1)N1CCCC1=O.I. The molecule has 8 heteroatoms. The molecule has 1 atom stereocenters. The van der Waals surface area contributed by atoms with Gasteiger partial charge in [0.15, 0.2) is 5.96 Å². The van der Waals surface area contributed by atoms with Crippen LogP contribution >= 0.6 is 24.0 Å². The quantitative estimate of drug-likeness (QED) is 0.215. The molecule has 1 aliphatic rings. The third-order valence-corrected chi connectivity index (χ3v) is 4.60. The van der Waals surface area contributed by atoms with Gasteiger partial charge in [-0.2, -0.15) is 0 Å². The van der Waals surface area contributed by atoms with Crippen molar-refractivity contribution in [1.29, 1.82) is 0 Å². The zero-order valence-electron chi connectivity index (χ0n) is 16.4. The predicted octanol–water partition coefficient (Wildman–Crippen LogP) is 2.76. The molecule has 2 N–H and O–H groups in total. The summed E-state index contributed by atoms with van der Waals surface area (Å²) < 4.78 is 10.8. The third-order valence-electron chi connectivity index (χ3n) is 4.60. The largest absolute Gasteiger partial charge is 0.467 e. The van der Waals surface area contributed by atoms with Gasteiger partial charge in [0, 0.05) is 45.8 Å². The molecule has 154 valence electrons. The summed E-state index contributed by atoms with van der Waals surface area (Å²) in [5.41, 5.74) is 0. The molecular weight excluding hydrogens is 459 g/mol. The number of halogens is 1. The number of furan rings is 1. The van der Waals surface area contributed by atoms with Crippen LogP contribution in [0.25, 0.3) is 0 Å². The van der Waals surface area contributed by atoms with Crippen molar-refractivity contribution in [2.45, 2.75) is 51.7 Å². The molecule has 1 aliphatic heterocycles. The Hall–Kier alpha value is -1.29. The van der Waals surface area contributed by atoms with Gasteiger partial charge in [-0.15, -0.1) is 24.0 Å². The highest BCUT2D eigenvalue weighted by Crippen LogP contribution is 2.17. The Morgan fingerprint density at radius 2 is 2.22 bits per heavy atom. The fourth-order valence-electron chi connectivity index (χ4n) is 3.16. The van der Waals surface area contributed by atoms with Crippen molar-refractivity contribution in [3.05, 3.63) is 24.2 Å². The van der Waals surface area contributed by atoms with Gasteiger partial charge in [0.25, 0.3) is 0 Å². The first-order valence-electron chi connectivity index (χ1n) is 9.58. The van der Waals surface area contributed by atoms with Crippen molar-refractivity contribution >= 4 is 35.8 Å². The number of rotatable bonds is 11. The van der Waals surface area contributed by atoms with Crippen LogP contribution in [0.15, 0.2) is 27.8 Å². The van der Waals surface area contributed by atoms with Crippen molar-refractivity contribution in [1.82, 2.24) is 15.5 Å². The molecular formula is C19H33IN4O3. The summed E-state index contributed by atoms with van der Waals surface area (Å²) in [5, 5.41) is 6.62. The van der Waals surface area contributed by atoms with E-state index in [0.29, 0.717) is 31.6 Å². The van der Waals surface area contributed by atoms with Gasteiger partial charge in [-0.3, -0.25) is 9.79 Å². The van der Waals surface area contributed by atoms with Crippen LogP contribution in [0.4, 0.5) is 0 Å². The number of ether oxygens (including phenoxy) is 1. The second kappa shape index (κ2) is 13.8. The summed E-state index contributed by atoms with van der Waals surface area (Å²) in [6, 6.07) is 4.09. The summed E-state index contributed by atoms with van der Waals surface area (Å²) >= 11 is 0. The molecule has 0 saturated carbocycles. The molecule has 0 spiro atoms. The Morgan fingerprint density at radius 1 is 1.41 bits per heavy atom. The zero-order chi connectivity index (χ0) is 18.6. The summed E-state index contributed by atoms with van der Waals surface area (Å²) in [4.78, 5) is 18.2. The fourth-order valence-corrected chi connectivity index (χ4v) is 3.16. The zero-order valence-corrected chi connectivity index (χ0v) is 18.7. The van der Waals surface area contributed by atoms with E-state index in [1.807, 2.05) is 17.0 Å². The smallest absolute Gasteiger partial charge is 0.222 e. The van der Waals surface area contributed by atoms with E-state index < -0.39 is 0 Å². The van der Waals surface area contributed by atoms with Gasteiger partial charge in [-0.05, 0) is 37.8 Å². The van der Waals surface area contributed by atoms with Crippen molar-refractivity contribution in [3.8, 4) is 0 Å². The molecule has 0 bridgehead atoms. The average Bonchev–Trinajstić information content (AvgIpc) is 3.31. The molecule has 27 heavy (non-hydrogen) atoms. The molecule has 1 fully saturated rings. The molecule has 2 heterocycles. The lowest BCUT2D eigenvalue weighted by molar-refractivity contribution is -0.129. The van der Waals surface area contributed by atoms with E-state index in [1.165, 1.54) is 0 Å². The van der Waals surface area contributed by atoms with Crippen molar-refractivity contribution < 1.29 is 13.9 Å². The molecule has 0 radical (unpaired) electrons. The van der Waals surface area contributed by atoms with Crippen LogP contribution in [0.3, 0.4) is 0 Å². The number of carbonyl (C=O) groups excluding carboxylic acids is 1. The Kier molecular flexibility index (Phi) is 12.2. The maximum absolute atomic E-state index is 11.9. The van der Waals surface area contributed by atoms with Gasteiger partial charge in [0.1, 0.15) is 12.4 Å². The van der Waals surface area contributed by atoms with E-state index in [-0.39, 0.29) is 24.0 Å². The maximum atomic E-state index is 11.9. The monoisotopic (exact) mass is 492 g/mol. The highest BCUT2D eigenvalue weighted by Gasteiger charge is 2.26. The lowest BCUT2D eigenvalue weighted by atomic mass is 10.1. The van der Waals surface area contributed by atoms with Gasteiger partial charge < -0.3 is 24.7 Å². The van der Waals surface area contributed by atoms with E-state index >= 15 is 0 Å². The Balaban J connectivity index is 0.00000364. The van der Waals surface area contributed by atoms with Crippen molar-refractivity contribution in [3.63, 3.8) is 0 Å². The first-order chi connectivity index (χ1) is 12.7. The average molecular weight is 492 g/mol. The lowest BCUT2D eigenvalue weighted by Crippen LogP contribution is -2.42. The van der Waals surface area contributed by atoms with Crippen LogP contribution in [0.2, 0.25) is 0 Å². The minimum absolute atomic E-state index is 0. The number of likely N-dealkylation sites (tertiary alicyclic amines) is 1. The maximum Gasteiger partial charge on any atom is 0.222 e. The molecule has 1 unspecified atom stereocenters. The van der Waals surface area contributed by atoms with E-state index in [4.69, 9.17) is 9.15 Å². The van der Waals surface area contributed by atoms with Crippen LogP contribution in [0, 0.1) is 0 Å². The summed E-state index contributed by atoms with van der Waals surface area (Å²) in [6.07, 6.45) is 6.17. The predicted molar refractivity (Wildman–Crippen MR) is 117 cm³/mol. The van der Waals surface area contributed by atoms with Crippen LogP contribution in [0.1, 0.15) is 44.8 Å². The molecule has 1 aromatic rings. The van der Waals surface area contributed by atoms with E-state index in [9.17, 15) is 4.79 Å². The van der Waals surface area contributed by atoms with Crippen molar-refractivity contribution in [2.24, 2.45) is 4.99 Å². The standard InChI is InChI=1S/C19H32N4O3.HI/c1-3-16(23-12-4-8-18(23)24)9-11-22-19(20-2)21-10-6-13-25-15-17-7-5-14-26-17;/h5,7,14,16H,3-4,6,8-13,15H2,1-2H3,(H2,20,21,22);1H. The number of hydrogen-bond acceptors (Lipinski definition) is 4. The Bertz CT molecular complexity index is 551. The van der Waals surface area contributed by atoms with Gasteiger partial charge in [-0.25, -0.2) is 0 Å². The van der Waals surface area contributed by atoms with Crippen LogP contribution < -0.4 is 10.6 Å². The fraction of sp³-hybridized carbons (Fsp3) is 0.684. The van der Waals surface area contributed by atoms with Crippen molar-refractivity contribution in [2.75, 3.05) is 33.3 Å². The number of nitrogens with zero attached hydrogens (tertiary/aromatic N) is 2. The molecule has 7 nitrogen and oxygen atoms in total. The first-order valence-corrected chi connectivity index (χ1v) is 9.58. The normalized spacial score (nSPS) is 15.6. The summed E-state index contributed by atoms with van der Waals surface area (Å²) in [7, 11) is 1.77. The Labute approximate surface area is 179 Å². The number of nitrogens with one attached hydrogen (secondary N) is 2. The second-order valence-electron chi connectivity index (χ2n) is 6.45.